The average Bonchev–Trinajstić information content (AvgIpc) is 2.96. The number of rotatable bonds is 6. The first-order valence-electron chi connectivity index (χ1n) is 7.38. The van der Waals surface area contributed by atoms with Crippen LogP contribution in [0.15, 0.2) is 36.4 Å². The second-order valence-electron chi connectivity index (χ2n) is 6.25. The van der Waals surface area contributed by atoms with Crippen molar-refractivity contribution in [3.05, 3.63) is 47.7 Å². The zero-order valence-electron chi connectivity index (χ0n) is 13.6. The highest BCUT2D eigenvalue weighted by atomic mass is 32.2. The number of amides is 1. The van der Waals surface area contributed by atoms with E-state index in [0.29, 0.717) is 11.4 Å². The minimum absolute atomic E-state index is 0.0261. The Morgan fingerprint density at radius 2 is 1.87 bits per heavy atom. The topological polar surface area (TPSA) is 74.8 Å². The van der Waals surface area contributed by atoms with E-state index in [4.69, 9.17) is 0 Å². The second-order valence-corrected chi connectivity index (χ2v) is 7.23. The normalized spacial score (nSPS) is 11.3. The first-order chi connectivity index (χ1) is 10.9. The number of benzene rings is 1. The average molecular weight is 331 g/mol. The van der Waals surface area contributed by atoms with Gasteiger partial charge in [0.25, 0.3) is 0 Å². The Balaban J connectivity index is 1.77. The summed E-state index contributed by atoms with van der Waals surface area (Å²) in [6, 6.07) is 10.9. The number of carbonyl (C=O) groups is 2. The maximum Gasteiger partial charge on any atom is 0.235 e. The Labute approximate surface area is 140 Å². The van der Waals surface area contributed by atoms with Gasteiger partial charge in [-0.3, -0.25) is 14.7 Å². The lowest BCUT2D eigenvalue weighted by atomic mass is 9.92. The van der Waals surface area contributed by atoms with Crippen molar-refractivity contribution in [3.8, 4) is 0 Å². The monoisotopic (exact) mass is 331 g/mol. The number of aromatic amines is 1. The molecule has 122 valence electrons. The van der Waals surface area contributed by atoms with Gasteiger partial charge in [-0.15, -0.1) is 11.8 Å². The Morgan fingerprint density at radius 3 is 2.48 bits per heavy atom. The van der Waals surface area contributed by atoms with Gasteiger partial charge in [0.15, 0.2) is 11.6 Å². The molecule has 2 aromatic rings. The third-order valence-electron chi connectivity index (χ3n) is 3.22. The summed E-state index contributed by atoms with van der Waals surface area (Å²) in [5, 5.41) is 9.74. The first-order valence-corrected chi connectivity index (χ1v) is 8.53. The summed E-state index contributed by atoms with van der Waals surface area (Å²) < 4.78 is 0. The zero-order chi connectivity index (χ0) is 16.9. The minimum atomic E-state index is -0.164. The van der Waals surface area contributed by atoms with E-state index in [2.05, 4.69) is 36.3 Å². The lowest BCUT2D eigenvalue weighted by molar-refractivity contribution is -0.113. The SMILES string of the molecule is CC(C)(C)c1cc(NC(=O)CSCC(=O)c2ccccc2)n[nH]1. The largest absolute Gasteiger partial charge is 0.308 e. The van der Waals surface area contributed by atoms with Gasteiger partial charge in [-0.2, -0.15) is 5.10 Å². The fraction of sp³-hybridized carbons (Fsp3) is 0.353. The summed E-state index contributed by atoms with van der Waals surface area (Å²) in [7, 11) is 0. The van der Waals surface area contributed by atoms with Crippen LogP contribution in [0.1, 0.15) is 36.8 Å². The highest BCUT2D eigenvalue weighted by Crippen LogP contribution is 2.22. The Hall–Kier alpha value is -2.08. The molecule has 0 atom stereocenters. The van der Waals surface area contributed by atoms with Gasteiger partial charge in [0.05, 0.1) is 11.5 Å². The molecule has 0 unspecified atom stereocenters. The van der Waals surface area contributed by atoms with E-state index >= 15 is 0 Å². The van der Waals surface area contributed by atoms with Crippen molar-refractivity contribution in [1.29, 1.82) is 0 Å². The maximum atomic E-state index is 11.9. The number of H-pyrrole nitrogens is 1. The van der Waals surface area contributed by atoms with Gasteiger partial charge in [-0.25, -0.2) is 0 Å². The van der Waals surface area contributed by atoms with E-state index in [9.17, 15) is 9.59 Å². The number of ketones is 1. The lowest BCUT2D eigenvalue weighted by Crippen LogP contribution is -2.16. The van der Waals surface area contributed by atoms with Gasteiger partial charge in [0, 0.05) is 22.7 Å². The molecule has 1 heterocycles. The van der Waals surface area contributed by atoms with Gasteiger partial charge in [0.1, 0.15) is 0 Å². The van der Waals surface area contributed by atoms with Gasteiger partial charge < -0.3 is 5.32 Å². The molecule has 1 aromatic heterocycles. The number of nitrogens with zero attached hydrogens (tertiary/aromatic N) is 1. The Kier molecular flexibility index (Phi) is 5.60. The van der Waals surface area contributed by atoms with E-state index in [1.54, 1.807) is 12.1 Å². The zero-order valence-corrected chi connectivity index (χ0v) is 14.4. The number of carbonyl (C=O) groups excluding carboxylic acids is 2. The highest BCUT2D eigenvalue weighted by Gasteiger charge is 2.17. The number of hydrogen-bond acceptors (Lipinski definition) is 4. The molecule has 23 heavy (non-hydrogen) atoms. The standard InChI is InChI=1S/C17H21N3O2S/c1-17(2,3)14-9-15(20-19-14)18-16(22)11-23-10-13(21)12-7-5-4-6-8-12/h4-9H,10-11H2,1-3H3,(H2,18,19,20,22). The molecule has 1 aromatic carbocycles. The summed E-state index contributed by atoms with van der Waals surface area (Å²) >= 11 is 1.30. The van der Waals surface area contributed by atoms with Gasteiger partial charge >= 0.3 is 0 Å². The van der Waals surface area contributed by atoms with E-state index < -0.39 is 0 Å². The van der Waals surface area contributed by atoms with Crippen LogP contribution in [0.25, 0.3) is 0 Å². The summed E-state index contributed by atoms with van der Waals surface area (Å²) in [6.45, 7) is 6.20. The molecule has 0 bridgehead atoms. The van der Waals surface area contributed by atoms with Gasteiger partial charge in [-0.05, 0) is 0 Å². The minimum Gasteiger partial charge on any atom is -0.308 e. The van der Waals surface area contributed by atoms with E-state index in [1.807, 2.05) is 24.3 Å². The molecule has 2 N–H and O–H groups in total. The van der Waals surface area contributed by atoms with Crippen molar-refractivity contribution < 1.29 is 9.59 Å². The van der Waals surface area contributed by atoms with Crippen LogP contribution in [-0.2, 0) is 10.2 Å². The fourth-order valence-electron chi connectivity index (χ4n) is 1.89. The Morgan fingerprint density at radius 1 is 1.17 bits per heavy atom. The first kappa shape index (κ1) is 17.3. The maximum absolute atomic E-state index is 11.9. The number of nitrogens with one attached hydrogen (secondary N) is 2. The molecule has 0 radical (unpaired) electrons. The molecular weight excluding hydrogens is 310 g/mol. The van der Waals surface area contributed by atoms with Crippen LogP contribution >= 0.6 is 11.8 Å². The molecule has 0 fully saturated rings. The molecule has 0 saturated carbocycles. The third kappa shape index (κ3) is 5.25. The fourth-order valence-corrected chi connectivity index (χ4v) is 2.60. The van der Waals surface area contributed by atoms with Crippen molar-refractivity contribution in [2.24, 2.45) is 0 Å². The molecule has 1 amide bonds. The highest BCUT2D eigenvalue weighted by molar-refractivity contribution is 8.00. The molecule has 0 saturated heterocycles. The number of thioether (sulfide) groups is 1. The summed E-state index contributed by atoms with van der Waals surface area (Å²) in [6.07, 6.45) is 0. The second kappa shape index (κ2) is 7.46. The third-order valence-corrected chi connectivity index (χ3v) is 4.15. The number of hydrogen-bond donors (Lipinski definition) is 2. The van der Waals surface area contributed by atoms with E-state index in [1.165, 1.54) is 11.8 Å². The van der Waals surface area contributed by atoms with Gasteiger partial charge in [-0.1, -0.05) is 51.1 Å². The van der Waals surface area contributed by atoms with Crippen molar-refractivity contribution in [2.45, 2.75) is 26.2 Å². The van der Waals surface area contributed by atoms with Crippen LogP contribution < -0.4 is 5.32 Å². The molecular formula is C17H21N3O2S. The number of anilines is 1. The predicted molar refractivity (Wildman–Crippen MR) is 94.0 cm³/mol. The van der Waals surface area contributed by atoms with E-state index in [-0.39, 0.29) is 28.6 Å². The molecule has 5 nitrogen and oxygen atoms in total. The lowest BCUT2D eigenvalue weighted by Gasteiger charge is -2.14. The van der Waals surface area contributed by atoms with Crippen LogP contribution in [0.2, 0.25) is 0 Å². The van der Waals surface area contributed by atoms with Crippen molar-refractivity contribution in [3.63, 3.8) is 0 Å². The van der Waals surface area contributed by atoms with Gasteiger partial charge in [0.2, 0.25) is 5.91 Å². The van der Waals surface area contributed by atoms with Crippen molar-refractivity contribution >= 4 is 29.3 Å². The van der Waals surface area contributed by atoms with Crippen LogP contribution in [-0.4, -0.2) is 33.4 Å². The molecule has 6 heteroatoms. The molecule has 0 spiro atoms. The summed E-state index contributed by atoms with van der Waals surface area (Å²) in [5.74, 6) is 0.873. The molecule has 0 aliphatic heterocycles. The Bertz CT molecular complexity index is 675. The van der Waals surface area contributed by atoms with Crippen LogP contribution in [0.5, 0.6) is 0 Å². The predicted octanol–water partition coefficient (Wildman–Crippen LogP) is 3.26. The summed E-state index contributed by atoms with van der Waals surface area (Å²) in [5.41, 5.74) is 1.58. The molecule has 0 aliphatic rings. The summed E-state index contributed by atoms with van der Waals surface area (Å²) in [4.78, 5) is 23.8. The number of aromatic nitrogens is 2. The van der Waals surface area contributed by atoms with Crippen molar-refractivity contribution in [1.82, 2.24) is 10.2 Å². The van der Waals surface area contributed by atoms with E-state index in [0.717, 1.165) is 5.69 Å². The molecule has 0 aliphatic carbocycles. The number of Topliss-reactive ketones (excluding diaryl/α,β-unsaturated/α-hetero) is 1. The van der Waals surface area contributed by atoms with Crippen LogP contribution in [0.4, 0.5) is 5.82 Å². The quantitative estimate of drug-likeness (QED) is 0.797. The van der Waals surface area contributed by atoms with Crippen LogP contribution in [0, 0.1) is 0 Å². The molecule has 2 rings (SSSR count). The van der Waals surface area contributed by atoms with Crippen molar-refractivity contribution in [2.75, 3.05) is 16.8 Å². The smallest absolute Gasteiger partial charge is 0.235 e. The van der Waals surface area contributed by atoms with Crippen LogP contribution in [0.3, 0.4) is 0 Å².